The Hall–Kier alpha value is -4.17. The molecular weight excluding hydrogens is 524 g/mol. The number of amides is 1. The second-order valence-corrected chi connectivity index (χ2v) is 8.81. The van der Waals surface area contributed by atoms with E-state index in [0.29, 0.717) is 22.8 Å². The van der Waals surface area contributed by atoms with Gasteiger partial charge in [-0.15, -0.1) is 0 Å². The second-order valence-electron chi connectivity index (χ2n) is 7.89. The molecule has 182 valence electrons. The number of nitrogens with zero attached hydrogens (tertiary/aromatic N) is 1. The van der Waals surface area contributed by atoms with Crippen LogP contribution in [0.4, 0.5) is 11.4 Å². The molecule has 0 radical (unpaired) electrons. The number of carbonyl (C=O) groups is 3. The van der Waals surface area contributed by atoms with Crippen LogP contribution in [0.3, 0.4) is 0 Å². The Bertz CT molecular complexity index is 1350. The average Bonchev–Trinajstić information content (AvgIpc) is 3.13. The molecule has 1 amide bonds. The third-order valence-corrected chi connectivity index (χ3v) is 6.01. The van der Waals surface area contributed by atoms with Gasteiger partial charge in [-0.25, -0.2) is 4.79 Å². The number of ketones is 1. The van der Waals surface area contributed by atoms with Crippen LogP contribution in [-0.2, 0) is 19.1 Å². The number of rotatable bonds is 7. The minimum atomic E-state index is -0.680. The quantitative estimate of drug-likeness (QED) is 0.244. The van der Waals surface area contributed by atoms with Crippen molar-refractivity contribution in [1.29, 1.82) is 0 Å². The van der Waals surface area contributed by atoms with Crippen molar-refractivity contribution in [3.05, 3.63) is 106 Å². The van der Waals surface area contributed by atoms with E-state index in [9.17, 15) is 14.4 Å². The summed E-state index contributed by atoms with van der Waals surface area (Å²) in [6, 6.07) is 23.5. The van der Waals surface area contributed by atoms with Gasteiger partial charge in [-0.2, -0.15) is 0 Å². The standard InChI is InChI=1S/C28H23BrN2O5/c1-18-26(28(34)35-2)27(33)24(31(18)22-12-10-20(29)11-13-22)16-19-8-14-23(15-9-19)36-17-25(32)30-21-6-4-3-5-7-21/h3-16H,17H2,1-2H3,(H,30,32)/b24-16-. The fourth-order valence-corrected chi connectivity index (χ4v) is 4.03. The van der Waals surface area contributed by atoms with Crippen LogP contribution in [0.25, 0.3) is 6.08 Å². The largest absolute Gasteiger partial charge is 0.484 e. The van der Waals surface area contributed by atoms with Crippen molar-refractivity contribution in [2.24, 2.45) is 0 Å². The number of nitrogens with one attached hydrogen (secondary N) is 1. The summed E-state index contributed by atoms with van der Waals surface area (Å²) < 4.78 is 11.3. The lowest BCUT2D eigenvalue weighted by Gasteiger charge is -2.21. The number of hydrogen-bond donors (Lipinski definition) is 1. The van der Waals surface area contributed by atoms with Gasteiger partial charge in [0.25, 0.3) is 5.91 Å². The molecular formula is C28H23BrN2O5. The molecule has 0 aromatic heterocycles. The van der Waals surface area contributed by atoms with Crippen LogP contribution in [0.1, 0.15) is 12.5 Å². The van der Waals surface area contributed by atoms with Gasteiger partial charge in [0.1, 0.15) is 11.3 Å². The molecule has 1 N–H and O–H groups in total. The molecule has 0 spiro atoms. The van der Waals surface area contributed by atoms with Crippen molar-refractivity contribution in [1.82, 2.24) is 0 Å². The van der Waals surface area contributed by atoms with E-state index in [1.807, 2.05) is 42.5 Å². The van der Waals surface area contributed by atoms with Gasteiger partial charge in [0.2, 0.25) is 5.78 Å². The molecule has 0 fully saturated rings. The minimum absolute atomic E-state index is 0.00366. The van der Waals surface area contributed by atoms with Crippen LogP contribution in [0.5, 0.6) is 5.75 Å². The first-order valence-corrected chi connectivity index (χ1v) is 11.9. The lowest BCUT2D eigenvalue weighted by molar-refractivity contribution is -0.137. The van der Waals surface area contributed by atoms with E-state index in [0.717, 1.165) is 15.7 Å². The zero-order chi connectivity index (χ0) is 25.7. The normalized spacial score (nSPS) is 14.2. The molecule has 8 heteroatoms. The molecule has 0 aliphatic carbocycles. The Labute approximate surface area is 217 Å². The summed E-state index contributed by atoms with van der Waals surface area (Å²) in [5, 5.41) is 2.76. The summed E-state index contributed by atoms with van der Waals surface area (Å²) in [6.45, 7) is 1.57. The molecule has 1 heterocycles. The molecule has 0 atom stereocenters. The molecule has 1 aliphatic heterocycles. The summed E-state index contributed by atoms with van der Waals surface area (Å²) in [5.74, 6) is -0.862. The van der Waals surface area contributed by atoms with Gasteiger partial charge in [0, 0.05) is 21.5 Å². The molecule has 4 rings (SSSR count). The molecule has 1 aliphatic rings. The van der Waals surface area contributed by atoms with Crippen molar-refractivity contribution >= 4 is 51.0 Å². The molecule has 3 aromatic carbocycles. The highest BCUT2D eigenvalue weighted by Crippen LogP contribution is 2.36. The number of hydrogen-bond acceptors (Lipinski definition) is 6. The Morgan fingerprint density at radius 2 is 1.64 bits per heavy atom. The molecule has 7 nitrogen and oxygen atoms in total. The summed E-state index contributed by atoms with van der Waals surface area (Å²) >= 11 is 3.42. The third kappa shape index (κ3) is 5.55. The van der Waals surface area contributed by atoms with Crippen molar-refractivity contribution in [3.8, 4) is 5.75 Å². The van der Waals surface area contributed by atoms with Crippen molar-refractivity contribution < 1.29 is 23.9 Å². The van der Waals surface area contributed by atoms with Crippen molar-refractivity contribution in [2.45, 2.75) is 6.92 Å². The van der Waals surface area contributed by atoms with Gasteiger partial charge < -0.3 is 19.7 Å². The fourth-order valence-electron chi connectivity index (χ4n) is 3.77. The Balaban J connectivity index is 1.53. The van der Waals surface area contributed by atoms with Crippen LogP contribution in [0.15, 0.2) is 100 Å². The number of Topliss-reactive ketones (excluding diaryl/α,β-unsaturated/α-hetero) is 1. The van der Waals surface area contributed by atoms with E-state index < -0.39 is 11.8 Å². The zero-order valence-corrected chi connectivity index (χ0v) is 21.2. The van der Waals surface area contributed by atoms with Crippen molar-refractivity contribution in [2.75, 3.05) is 23.9 Å². The van der Waals surface area contributed by atoms with E-state index in [2.05, 4.69) is 21.2 Å². The van der Waals surface area contributed by atoms with E-state index in [-0.39, 0.29) is 18.1 Å². The molecule has 36 heavy (non-hydrogen) atoms. The number of allylic oxidation sites excluding steroid dienone is 2. The van der Waals surface area contributed by atoms with E-state index in [1.54, 1.807) is 54.3 Å². The first-order valence-electron chi connectivity index (χ1n) is 11.1. The minimum Gasteiger partial charge on any atom is -0.484 e. The predicted molar refractivity (Wildman–Crippen MR) is 141 cm³/mol. The maximum atomic E-state index is 13.2. The Morgan fingerprint density at radius 3 is 2.28 bits per heavy atom. The summed E-state index contributed by atoms with van der Waals surface area (Å²) in [4.78, 5) is 39.4. The molecule has 0 saturated heterocycles. The first kappa shape index (κ1) is 24.9. The average molecular weight is 547 g/mol. The van der Waals surface area contributed by atoms with E-state index in [1.165, 1.54) is 7.11 Å². The lowest BCUT2D eigenvalue weighted by Crippen LogP contribution is -2.20. The van der Waals surface area contributed by atoms with Crippen LogP contribution < -0.4 is 15.0 Å². The molecule has 3 aromatic rings. The zero-order valence-electron chi connectivity index (χ0n) is 19.7. The third-order valence-electron chi connectivity index (χ3n) is 5.48. The summed E-state index contributed by atoms with van der Waals surface area (Å²) in [7, 11) is 1.25. The maximum absolute atomic E-state index is 13.2. The highest BCUT2D eigenvalue weighted by molar-refractivity contribution is 9.10. The number of benzene rings is 3. The van der Waals surface area contributed by atoms with Crippen LogP contribution >= 0.6 is 15.9 Å². The molecule has 0 bridgehead atoms. The number of methoxy groups -OCH3 is 1. The SMILES string of the molecule is COC(=O)C1=C(C)N(c2ccc(Br)cc2)/C(=C\c2ccc(OCC(=O)Nc3ccccc3)cc2)C1=O. The Morgan fingerprint density at radius 1 is 0.972 bits per heavy atom. The van der Waals surface area contributed by atoms with Gasteiger partial charge in [-0.1, -0.05) is 46.3 Å². The van der Waals surface area contributed by atoms with Crippen LogP contribution in [-0.4, -0.2) is 31.4 Å². The number of halogens is 1. The number of esters is 1. The fraction of sp³-hybridized carbons (Fsp3) is 0.107. The van der Waals surface area contributed by atoms with E-state index >= 15 is 0 Å². The predicted octanol–water partition coefficient (Wildman–Crippen LogP) is 5.34. The van der Waals surface area contributed by atoms with Crippen LogP contribution in [0, 0.1) is 0 Å². The summed E-state index contributed by atoms with van der Waals surface area (Å²) in [6.07, 6.45) is 1.70. The number of carbonyl (C=O) groups excluding carboxylic acids is 3. The van der Waals surface area contributed by atoms with E-state index in [4.69, 9.17) is 9.47 Å². The van der Waals surface area contributed by atoms with Gasteiger partial charge >= 0.3 is 5.97 Å². The van der Waals surface area contributed by atoms with Gasteiger partial charge in [-0.3, -0.25) is 9.59 Å². The molecule has 0 unspecified atom stereocenters. The maximum Gasteiger partial charge on any atom is 0.343 e. The summed E-state index contributed by atoms with van der Waals surface area (Å²) in [5.41, 5.74) is 2.96. The molecule has 0 saturated carbocycles. The highest BCUT2D eigenvalue weighted by atomic mass is 79.9. The second kappa shape index (κ2) is 11.0. The monoisotopic (exact) mass is 546 g/mol. The number of ether oxygens (including phenoxy) is 2. The smallest absolute Gasteiger partial charge is 0.343 e. The lowest BCUT2D eigenvalue weighted by atomic mass is 10.1. The van der Waals surface area contributed by atoms with Gasteiger partial charge in [0.15, 0.2) is 6.61 Å². The van der Waals surface area contributed by atoms with Gasteiger partial charge in [-0.05, 0) is 67.1 Å². The van der Waals surface area contributed by atoms with Gasteiger partial charge in [0.05, 0.1) is 12.8 Å². The highest BCUT2D eigenvalue weighted by Gasteiger charge is 2.38. The first-order chi connectivity index (χ1) is 17.4. The number of para-hydroxylation sites is 1. The number of anilines is 2. The van der Waals surface area contributed by atoms with Crippen molar-refractivity contribution in [3.63, 3.8) is 0 Å². The topological polar surface area (TPSA) is 84.9 Å². The van der Waals surface area contributed by atoms with Crippen LogP contribution in [0.2, 0.25) is 0 Å². The Kier molecular flexibility index (Phi) is 7.65.